The topological polar surface area (TPSA) is 45.8 Å². The first kappa shape index (κ1) is 5.65. The van der Waals surface area contributed by atoms with Crippen LogP contribution in [0, 0.1) is 0 Å². The number of hydrogen-bond donors (Lipinski definition) is 1. The smallest absolute Gasteiger partial charge is 0.267 e. The third-order valence-corrected chi connectivity index (χ3v) is 1.92. The summed E-state index contributed by atoms with van der Waals surface area (Å²) in [5.74, 6) is 0. The monoisotopic (exact) mass is 136 g/mol. The van der Waals surface area contributed by atoms with Crippen molar-refractivity contribution in [3.05, 3.63) is 27.7 Å². The lowest BCUT2D eigenvalue weighted by atomic mass is 10.2. The first-order valence-electron chi connectivity index (χ1n) is 3.43. The SMILES string of the molecule is O=c1[nH]ncc2c1CCC2. The van der Waals surface area contributed by atoms with Crippen molar-refractivity contribution in [3.63, 3.8) is 0 Å². The molecule has 1 aromatic heterocycles. The summed E-state index contributed by atoms with van der Waals surface area (Å²) in [4.78, 5) is 11.0. The fourth-order valence-corrected chi connectivity index (χ4v) is 1.41. The van der Waals surface area contributed by atoms with Gasteiger partial charge in [-0.05, 0) is 24.8 Å². The molecule has 0 radical (unpaired) electrons. The molecule has 3 heteroatoms. The van der Waals surface area contributed by atoms with E-state index in [0.717, 1.165) is 30.4 Å². The van der Waals surface area contributed by atoms with E-state index < -0.39 is 0 Å². The van der Waals surface area contributed by atoms with Crippen LogP contribution >= 0.6 is 0 Å². The van der Waals surface area contributed by atoms with Crippen LogP contribution in [0.15, 0.2) is 11.0 Å². The first-order valence-corrected chi connectivity index (χ1v) is 3.43. The molecule has 10 heavy (non-hydrogen) atoms. The van der Waals surface area contributed by atoms with E-state index in [1.165, 1.54) is 0 Å². The maximum atomic E-state index is 11.0. The summed E-state index contributed by atoms with van der Waals surface area (Å²) in [6.45, 7) is 0. The average molecular weight is 136 g/mol. The minimum atomic E-state index is -0.00463. The zero-order valence-corrected chi connectivity index (χ0v) is 5.55. The van der Waals surface area contributed by atoms with E-state index in [2.05, 4.69) is 10.2 Å². The molecule has 0 atom stereocenters. The average Bonchev–Trinajstić information content (AvgIpc) is 2.36. The predicted octanol–water partition coefficient (Wildman–Crippen LogP) is 0.259. The maximum Gasteiger partial charge on any atom is 0.267 e. The molecule has 0 saturated heterocycles. The summed E-state index contributed by atoms with van der Waals surface area (Å²) in [7, 11) is 0. The van der Waals surface area contributed by atoms with Crippen molar-refractivity contribution in [3.8, 4) is 0 Å². The third kappa shape index (κ3) is 0.667. The fourth-order valence-electron chi connectivity index (χ4n) is 1.41. The molecular formula is C7H8N2O. The second kappa shape index (κ2) is 1.94. The van der Waals surface area contributed by atoms with Crippen LogP contribution in [0.3, 0.4) is 0 Å². The Balaban J connectivity index is 2.70. The fraction of sp³-hybridized carbons (Fsp3) is 0.429. The van der Waals surface area contributed by atoms with Gasteiger partial charge in [-0.15, -0.1) is 0 Å². The largest absolute Gasteiger partial charge is 0.268 e. The number of nitrogens with one attached hydrogen (secondary N) is 1. The van der Waals surface area contributed by atoms with Crippen molar-refractivity contribution in [2.24, 2.45) is 0 Å². The Morgan fingerprint density at radius 2 is 2.40 bits per heavy atom. The predicted molar refractivity (Wildman–Crippen MR) is 36.9 cm³/mol. The summed E-state index contributed by atoms with van der Waals surface area (Å²) in [6, 6.07) is 0. The van der Waals surface area contributed by atoms with Crippen LogP contribution in [0.4, 0.5) is 0 Å². The van der Waals surface area contributed by atoms with E-state index in [0.29, 0.717) is 0 Å². The number of fused-ring (bicyclic) bond motifs is 1. The van der Waals surface area contributed by atoms with Gasteiger partial charge in [0.1, 0.15) is 0 Å². The normalized spacial score (nSPS) is 15.2. The van der Waals surface area contributed by atoms with Crippen LogP contribution in [-0.4, -0.2) is 10.2 Å². The van der Waals surface area contributed by atoms with Crippen molar-refractivity contribution in [2.45, 2.75) is 19.3 Å². The highest BCUT2D eigenvalue weighted by Crippen LogP contribution is 2.15. The Labute approximate surface area is 58.1 Å². The molecule has 3 nitrogen and oxygen atoms in total. The quantitative estimate of drug-likeness (QED) is 0.556. The van der Waals surface area contributed by atoms with Gasteiger partial charge in [0.25, 0.3) is 5.56 Å². The van der Waals surface area contributed by atoms with Crippen molar-refractivity contribution in [1.29, 1.82) is 0 Å². The van der Waals surface area contributed by atoms with E-state index in [1.54, 1.807) is 6.20 Å². The number of H-pyrrole nitrogens is 1. The molecule has 0 saturated carbocycles. The lowest BCUT2D eigenvalue weighted by Crippen LogP contribution is -2.12. The molecule has 1 aliphatic rings. The maximum absolute atomic E-state index is 11.0. The van der Waals surface area contributed by atoms with Gasteiger partial charge in [-0.1, -0.05) is 0 Å². The highest BCUT2D eigenvalue weighted by atomic mass is 16.1. The molecule has 0 unspecified atom stereocenters. The van der Waals surface area contributed by atoms with Crippen molar-refractivity contribution < 1.29 is 0 Å². The zero-order valence-electron chi connectivity index (χ0n) is 5.55. The van der Waals surface area contributed by atoms with Gasteiger partial charge >= 0.3 is 0 Å². The van der Waals surface area contributed by atoms with Crippen LogP contribution in [-0.2, 0) is 12.8 Å². The molecule has 2 rings (SSSR count). The summed E-state index contributed by atoms with van der Waals surface area (Å²) >= 11 is 0. The second-order valence-corrected chi connectivity index (χ2v) is 2.56. The van der Waals surface area contributed by atoms with E-state index in [1.807, 2.05) is 0 Å². The molecule has 0 spiro atoms. The third-order valence-electron chi connectivity index (χ3n) is 1.92. The van der Waals surface area contributed by atoms with Gasteiger partial charge in [-0.2, -0.15) is 5.10 Å². The number of rotatable bonds is 0. The molecule has 0 amide bonds. The zero-order chi connectivity index (χ0) is 6.97. The summed E-state index contributed by atoms with van der Waals surface area (Å²) in [5, 5.41) is 6.14. The number of aromatic amines is 1. The summed E-state index contributed by atoms with van der Waals surface area (Å²) in [5.41, 5.74) is 2.06. The van der Waals surface area contributed by atoms with Gasteiger partial charge < -0.3 is 0 Å². The van der Waals surface area contributed by atoms with E-state index in [9.17, 15) is 4.79 Å². The molecule has 52 valence electrons. The van der Waals surface area contributed by atoms with Crippen LogP contribution in [0.2, 0.25) is 0 Å². The molecular weight excluding hydrogens is 128 g/mol. The molecule has 1 aromatic rings. The lowest BCUT2D eigenvalue weighted by Gasteiger charge is -1.91. The van der Waals surface area contributed by atoms with Crippen LogP contribution < -0.4 is 5.56 Å². The van der Waals surface area contributed by atoms with Gasteiger partial charge in [0.15, 0.2) is 0 Å². The molecule has 1 aliphatic carbocycles. The minimum Gasteiger partial charge on any atom is -0.268 e. The Morgan fingerprint density at radius 3 is 3.20 bits per heavy atom. The van der Waals surface area contributed by atoms with E-state index in [4.69, 9.17) is 0 Å². The Morgan fingerprint density at radius 1 is 1.50 bits per heavy atom. The number of aryl methyl sites for hydroxylation is 1. The highest BCUT2D eigenvalue weighted by Gasteiger charge is 2.13. The number of nitrogens with zero attached hydrogens (tertiary/aromatic N) is 1. The van der Waals surface area contributed by atoms with Gasteiger partial charge in [0.2, 0.25) is 0 Å². The number of hydrogen-bond acceptors (Lipinski definition) is 2. The summed E-state index contributed by atoms with van der Waals surface area (Å²) < 4.78 is 0. The standard InChI is InChI=1S/C7H8N2O/c10-7-6-3-1-2-5(6)4-8-9-7/h4H,1-3H2,(H,9,10). The van der Waals surface area contributed by atoms with Gasteiger partial charge in [-0.3, -0.25) is 4.79 Å². The van der Waals surface area contributed by atoms with Gasteiger partial charge in [0, 0.05) is 5.56 Å². The van der Waals surface area contributed by atoms with Gasteiger partial charge in [0.05, 0.1) is 6.20 Å². The molecule has 0 aromatic carbocycles. The molecule has 0 aliphatic heterocycles. The minimum absolute atomic E-state index is 0.00463. The van der Waals surface area contributed by atoms with Gasteiger partial charge in [-0.25, -0.2) is 5.10 Å². The van der Waals surface area contributed by atoms with Crippen LogP contribution in [0.5, 0.6) is 0 Å². The lowest BCUT2D eigenvalue weighted by molar-refractivity contribution is 0.907. The highest BCUT2D eigenvalue weighted by molar-refractivity contribution is 5.25. The van der Waals surface area contributed by atoms with E-state index >= 15 is 0 Å². The van der Waals surface area contributed by atoms with Crippen molar-refractivity contribution in [2.75, 3.05) is 0 Å². The Bertz CT molecular complexity index is 303. The second-order valence-electron chi connectivity index (χ2n) is 2.56. The van der Waals surface area contributed by atoms with Crippen LogP contribution in [0.25, 0.3) is 0 Å². The molecule has 1 N–H and O–H groups in total. The Hall–Kier alpha value is -1.12. The first-order chi connectivity index (χ1) is 4.88. The Kier molecular flexibility index (Phi) is 1.09. The van der Waals surface area contributed by atoms with Crippen LogP contribution in [0.1, 0.15) is 17.5 Å². The molecule has 0 fully saturated rings. The van der Waals surface area contributed by atoms with Crippen molar-refractivity contribution in [1.82, 2.24) is 10.2 Å². The number of aromatic nitrogens is 2. The van der Waals surface area contributed by atoms with Crippen molar-refractivity contribution >= 4 is 0 Å². The summed E-state index contributed by atoms with van der Waals surface area (Å²) in [6.07, 6.45) is 4.80. The molecule has 1 heterocycles. The van der Waals surface area contributed by atoms with E-state index in [-0.39, 0.29) is 5.56 Å². The molecule has 0 bridgehead atoms.